The van der Waals surface area contributed by atoms with Gasteiger partial charge in [0.1, 0.15) is 0 Å². The lowest BCUT2D eigenvalue weighted by molar-refractivity contribution is 0.420. The molecule has 0 radical (unpaired) electrons. The van der Waals surface area contributed by atoms with Crippen LogP contribution in [0, 0.1) is 11.3 Å². The first-order valence-electron chi connectivity index (χ1n) is 5.22. The van der Waals surface area contributed by atoms with Crippen molar-refractivity contribution in [2.75, 3.05) is 0 Å². The van der Waals surface area contributed by atoms with Crippen molar-refractivity contribution in [3.63, 3.8) is 0 Å². The second kappa shape index (κ2) is 5.26. The second-order valence-corrected chi connectivity index (χ2v) is 5.05. The molecule has 0 rings (SSSR count). The molecule has 0 N–H and O–H groups in total. The standard InChI is InChI=1S/C13H24/c1-7-11(2)12(3)9-8-10-13(4,5)6/h8-9,11H,3,7,10H2,1-2,4-6H3/b9-8-. The molecule has 0 fully saturated rings. The van der Waals surface area contributed by atoms with E-state index in [0.717, 1.165) is 6.42 Å². The highest BCUT2D eigenvalue weighted by Gasteiger charge is 2.07. The van der Waals surface area contributed by atoms with Gasteiger partial charge in [-0.3, -0.25) is 0 Å². The number of allylic oxidation sites excluding steroid dienone is 3. The predicted molar refractivity (Wildman–Crippen MR) is 61.8 cm³/mol. The fourth-order valence-corrected chi connectivity index (χ4v) is 0.990. The van der Waals surface area contributed by atoms with E-state index < -0.39 is 0 Å². The molecule has 0 spiro atoms. The van der Waals surface area contributed by atoms with Gasteiger partial charge in [0, 0.05) is 0 Å². The van der Waals surface area contributed by atoms with Gasteiger partial charge in [0.25, 0.3) is 0 Å². The van der Waals surface area contributed by atoms with E-state index in [1.54, 1.807) is 0 Å². The Kier molecular flexibility index (Phi) is 5.05. The average Bonchev–Trinajstić information content (AvgIpc) is 2.00. The van der Waals surface area contributed by atoms with Gasteiger partial charge in [-0.2, -0.15) is 0 Å². The summed E-state index contributed by atoms with van der Waals surface area (Å²) in [5, 5.41) is 0. The molecule has 76 valence electrons. The van der Waals surface area contributed by atoms with E-state index in [0.29, 0.717) is 11.3 Å². The summed E-state index contributed by atoms with van der Waals surface area (Å²) in [6.07, 6.45) is 6.73. The van der Waals surface area contributed by atoms with Crippen molar-refractivity contribution in [2.45, 2.75) is 47.5 Å². The zero-order valence-electron chi connectivity index (χ0n) is 9.85. The van der Waals surface area contributed by atoms with E-state index in [9.17, 15) is 0 Å². The van der Waals surface area contributed by atoms with Crippen molar-refractivity contribution in [1.82, 2.24) is 0 Å². The van der Waals surface area contributed by atoms with E-state index in [1.165, 1.54) is 12.0 Å². The molecule has 0 aliphatic carbocycles. The van der Waals surface area contributed by atoms with Gasteiger partial charge in [-0.05, 0) is 24.2 Å². The van der Waals surface area contributed by atoms with Crippen LogP contribution in [0.4, 0.5) is 0 Å². The minimum atomic E-state index is 0.395. The van der Waals surface area contributed by atoms with Crippen molar-refractivity contribution in [2.24, 2.45) is 11.3 Å². The Labute approximate surface area is 83.7 Å². The predicted octanol–water partition coefficient (Wildman–Crippen LogP) is 4.58. The first kappa shape index (κ1) is 12.5. The summed E-state index contributed by atoms with van der Waals surface area (Å²) in [5.41, 5.74) is 1.65. The average molecular weight is 180 g/mol. The fourth-order valence-electron chi connectivity index (χ4n) is 0.990. The van der Waals surface area contributed by atoms with Crippen LogP contribution in [-0.2, 0) is 0 Å². The fraction of sp³-hybridized carbons (Fsp3) is 0.692. The second-order valence-electron chi connectivity index (χ2n) is 5.05. The zero-order valence-corrected chi connectivity index (χ0v) is 9.85. The first-order chi connectivity index (χ1) is 5.87. The van der Waals surface area contributed by atoms with Crippen molar-refractivity contribution in [3.8, 4) is 0 Å². The summed E-state index contributed by atoms with van der Waals surface area (Å²) in [4.78, 5) is 0. The molecule has 0 aromatic rings. The third-order valence-electron chi connectivity index (χ3n) is 2.31. The van der Waals surface area contributed by atoms with Crippen LogP contribution in [0.3, 0.4) is 0 Å². The third kappa shape index (κ3) is 6.62. The lowest BCUT2D eigenvalue weighted by Gasteiger charge is -2.15. The normalized spacial score (nSPS) is 14.8. The van der Waals surface area contributed by atoms with Crippen LogP contribution in [0.5, 0.6) is 0 Å². The highest BCUT2D eigenvalue weighted by molar-refractivity contribution is 5.17. The van der Waals surface area contributed by atoms with E-state index in [-0.39, 0.29) is 0 Å². The molecule has 0 bridgehead atoms. The summed E-state index contributed by atoms with van der Waals surface area (Å²) in [6, 6.07) is 0. The summed E-state index contributed by atoms with van der Waals surface area (Å²) in [5.74, 6) is 0.621. The van der Waals surface area contributed by atoms with Crippen LogP contribution in [0.25, 0.3) is 0 Å². The highest BCUT2D eigenvalue weighted by Crippen LogP contribution is 2.20. The molecule has 0 aliphatic heterocycles. The van der Waals surface area contributed by atoms with Gasteiger partial charge < -0.3 is 0 Å². The topological polar surface area (TPSA) is 0 Å². The molecule has 0 saturated heterocycles. The Morgan fingerprint density at radius 2 is 1.92 bits per heavy atom. The number of rotatable bonds is 4. The molecule has 0 aromatic carbocycles. The summed E-state index contributed by atoms with van der Waals surface area (Å²) in [7, 11) is 0. The largest absolute Gasteiger partial charge is 0.0956 e. The van der Waals surface area contributed by atoms with Crippen LogP contribution >= 0.6 is 0 Å². The summed E-state index contributed by atoms with van der Waals surface area (Å²) in [6.45, 7) is 15.2. The molecule has 0 amide bonds. The van der Waals surface area contributed by atoms with Crippen LogP contribution in [0.2, 0.25) is 0 Å². The van der Waals surface area contributed by atoms with Crippen LogP contribution in [0.15, 0.2) is 24.3 Å². The van der Waals surface area contributed by atoms with Crippen LogP contribution in [0.1, 0.15) is 47.5 Å². The molecule has 1 atom stereocenters. The lowest BCUT2D eigenvalue weighted by atomic mass is 9.91. The number of hydrogen-bond acceptors (Lipinski definition) is 0. The molecule has 0 heterocycles. The molecule has 0 aliphatic rings. The smallest absolute Gasteiger partial charge is 0.0199 e. The van der Waals surface area contributed by atoms with Gasteiger partial charge in [0.05, 0.1) is 0 Å². The van der Waals surface area contributed by atoms with E-state index in [2.05, 4.69) is 53.3 Å². The highest BCUT2D eigenvalue weighted by atomic mass is 14.1. The molecular weight excluding hydrogens is 156 g/mol. The first-order valence-corrected chi connectivity index (χ1v) is 5.22. The van der Waals surface area contributed by atoms with Crippen molar-refractivity contribution >= 4 is 0 Å². The maximum Gasteiger partial charge on any atom is -0.0199 e. The summed E-state index contributed by atoms with van der Waals surface area (Å²) >= 11 is 0. The van der Waals surface area contributed by atoms with Crippen molar-refractivity contribution in [1.29, 1.82) is 0 Å². The van der Waals surface area contributed by atoms with Crippen LogP contribution < -0.4 is 0 Å². The molecule has 0 saturated carbocycles. The Morgan fingerprint density at radius 3 is 2.31 bits per heavy atom. The molecule has 13 heavy (non-hydrogen) atoms. The molecule has 0 nitrogen and oxygen atoms in total. The van der Waals surface area contributed by atoms with Crippen LogP contribution in [-0.4, -0.2) is 0 Å². The monoisotopic (exact) mass is 180 g/mol. The number of hydrogen-bond donors (Lipinski definition) is 0. The Hall–Kier alpha value is -0.520. The minimum Gasteiger partial charge on any atom is -0.0956 e. The minimum absolute atomic E-state index is 0.395. The Morgan fingerprint density at radius 1 is 1.38 bits per heavy atom. The van der Waals surface area contributed by atoms with Gasteiger partial charge in [-0.15, -0.1) is 0 Å². The Bertz CT molecular complexity index is 179. The van der Waals surface area contributed by atoms with Gasteiger partial charge >= 0.3 is 0 Å². The lowest BCUT2D eigenvalue weighted by Crippen LogP contribution is -2.02. The molecule has 0 heteroatoms. The van der Waals surface area contributed by atoms with Crippen molar-refractivity contribution < 1.29 is 0 Å². The van der Waals surface area contributed by atoms with E-state index in [4.69, 9.17) is 0 Å². The zero-order chi connectivity index (χ0) is 10.5. The maximum absolute atomic E-state index is 4.06. The maximum atomic E-state index is 4.06. The quantitative estimate of drug-likeness (QED) is 0.555. The van der Waals surface area contributed by atoms with E-state index >= 15 is 0 Å². The van der Waals surface area contributed by atoms with Gasteiger partial charge in [0.2, 0.25) is 0 Å². The molecule has 1 unspecified atom stereocenters. The molecular formula is C13H24. The third-order valence-corrected chi connectivity index (χ3v) is 2.31. The van der Waals surface area contributed by atoms with Gasteiger partial charge in [-0.25, -0.2) is 0 Å². The molecule has 0 aromatic heterocycles. The van der Waals surface area contributed by atoms with Gasteiger partial charge in [-0.1, -0.05) is 58.9 Å². The van der Waals surface area contributed by atoms with E-state index in [1.807, 2.05) is 0 Å². The Balaban J connectivity index is 3.92. The van der Waals surface area contributed by atoms with Crippen molar-refractivity contribution in [3.05, 3.63) is 24.3 Å². The SMILES string of the molecule is C=C(/C=C\CC(C)(C)C)C(C)CC. The van der Waals surface area contributed by atoms with Gasteiger partial charge in [0.15, 0.2) is 0 Å². The summed E-state index contributed by atoms with van der Waals surface area (Å²) < 4.78 is 0.